The average molecular weight is 267 g/mol. The molecule has 0 amide bonds. The molecule has 0 spiro atoms. The van der Waals surface area contributed by atoms with Crippen molar-refractivity contribution in [3.8, 4) is 22.7 Å². The second kappa shape index (κ2) is 5.76. The summed E-state index contributed by atoms with van der Waals surface area (Å²) >= 11 is 1.57. The molecule has 0 fully saturated rings. The molecule has 0 aliphatic carbocycles. The van der Waals surface area contributed by atoms with Crippen LogP contribution < -0.4 is 5.43 Å². The second-order valence-electron chi connectivity index (χ2n) is 3.67. The van der Waals surface area contributed by atoms with E-state index in [0.29, 0.717) is 5.69 Å². The number of hydrogen-bond acceptors (Lipinski definition) is 6. The van der Waals surface area contributed by atoms with Crippen LogP contribution in [0.1, 0.15) is 5.69 Å². The lowest BCUT2D eigenvalue weighted by Crippen LogP contribution is -1.96. The van der Waals surface area contributed by atoms with Crippen molar-refractivity contribution >= 4 is 22.7 Å². The van der Waals surface area contributed by atoms with Gasteiger partial charge < -0.3 is 0 Å². The predicted octanol–water partition coefficient (Wildman–Crippen LogP) is 2.93. The monoisotopic (exact) mass is 267 g/mol. The third kappa shape index (κ3) is 3.15. The van der Waals surface area contributed by atoms with Crippen molar-refractivity contribution < 1.29 is 0 Å². The highest BCUT2D eigenvalue weighted by molar-refractivity contribution is 7.13. The van der Waals surface area contributed by atoms with Crippen LogP contribution in [-0.2, 0) is 0 Å². The average Bonchev–Trinajstić information content (AvgIpc) is 2.87. The maximum atomic E-state index is 8.59. The van der Waals surface area contributed by atoms with Crippen molar-refractivity contribution in [3.05, 3.63) is 35.3 Å². The van der Waals surface area contributed by atoms with Gasteiger partial charge in [0, 0.05) is 16.6 Å². The lowest BCUT2D eigenvalue weighted by atomic mass is 10.2. The third-order valence-corrected chi connectivity index (χ3v) is 3.25. The Labute approximate surface area is 114 Å². The first-order valence-electron chi connectivity index (χ1n) is 5.39. The van der Waals surface area contributed by atoms with Crippen LogP contribution in [-0.4, -0.2) is 10.7 Å². The van der Waals surface area contributed by atoms with E-state index in [1.54, 1.807) is 29.5 Å². The SMILES string of the molecule is Cc1csc(-c2cccc(NN=C(C#N)C#N)c2)n1. The first-order chi connectivity index (χ1) is 9.22. The number of aryl methyl sites for hydroxylation is 1. The Bertz CT molecular complexity index is 686. The van der Waals surface area contributed by atoms with Crippen molar-refractivity contribution in [2.24, 2.45) is 5.10 Å². The van der Waals surface area contributed by atoms with E-state index in [4.69, 9.17) is 10.5 Å². The molecule has 1 aromatic carbocycles. The molecule has 0 aliphatic heterocycles. The van der Waals surface area contributed by atoms with Gasteiger partial charge >= 0.3 is 0 Å². The molecule has 0 bridgehead atoms. The minimum Gasteiger partial charge on any atom is -0.276 e. The molecule has 0 radical (unpaired) electrons. The number of hydrogen-bond donors (Lipinski definition) is 1. The molecule has 6 heteroatoms. The molecule has 0 saturated carbocycles. The molecular weight excluding hydrogens is 258 g/mol. The number of rotatable bonds is 3. The minimum atomic E-state index is -0.213. The predicted molar refractivity (Wildman–Crippen MR) is 74.6 cm³/mol. The van der Waals surface area contributed by atoms with E-state index >= 15 is 0 Å². The number of aromatic nitrogens is 1. The normalized spacial score (nSPS) is 9.21. The van der Waals surface area contributed by atoms with Gasteiger partial charge in [0.15, 0.2) is 0 Å². The van der Waals surface area contributed by atoms with Crippen LogP contribution in [0.15, 0.2) is 34.7 Å². The van der Waals surface area contributed by atoms with Crippen molar-refractivity contribution in [2.45, 2.75) is 6.92 Å². The number of thiazole rings is 1. The Kier molecular flexibility index (Phi) is 3.87. The number of hydrazone groups is 1. The Morgan fingerprint density at radius 3 is 2.79 bits per heavy atom. The summed E-state index contributed by atoms with van der Waals surface area (Å²) in [5.41, 5.74) is 5.12. The summed E-state index contributed by atoms with van der Waals surface area (Å²) in [5, 5.41) is 23.8. The molecule has 1 heterocycles. The van der Waals surface area contributed by atoms with Crippen LogP contribution in [0, 0.1) is 29.6 Å². The molecule has 0 atom stereocenters. The van der Waals surface area contributed by atoms with Crippen molar-refractivity contribution in [1.82, 2.24) is 4.98 Å². The maximum Gasteiger partial charge on any atom is 0.237 e. The smallest absolute Gasteiger partial charge is 0.237 e. The molecule has 92 valence electrons. The summed E-state index contributed by atoms with van der Waals surface area (Å²) in [6.07, 6.45) is 0. The molecule has 1 N–H and O–H groups in total. The zero-order chi connectivity index (χ0) is 13.7. The summed E-state index contributed by atoms with van der Waals surface area (Å²) in [4.78, 5) is 4.40. The molecule has 0 unspecified atom stereocenters. The van der Waals surface area contributed by atoms with Crippen LogP contribution in [0.2, 0.25) is 0 Å². The number of nitrogens with zero attached hydrogens (tertiary/aromatic N) is 4. The highest BCUT2D eigenvalue weighted by atomic mass is 32.1. The second-order valence-corrected chi connectivity index (χ2v) is 4.53. The first kappa shape index (κ1) is 12.7. The highest BCUT2D eigenvalue weighted by Gasteiger charge is 2.03. The van der Waals surface area contributed by atoms with Crippen LogP contribution in [0.3, 0.4) is 0 Å². The van der Waals surface area contributed by atoms with Gasteiger partial charge in [-0.1, -0.05) is 12.1 Å². The number of nitrogens with one attached hydrogen (secondary N) is 1. The van der Waals surface area contributed by atoms with Gasteiger partial charge in [-0.15, -0.1) is 11.3 Å². The maximum absolute atomic E-state index is 8.59. The van der Waals surface area contributed by atoms with Crippen LogP contribution >= 0.6 is 11.3 Å². The van der Waals surface area contributed by atoms with E-state index in [0.717, 1.165) is 16.3 Å². The van der Waals surface area contributed by atoms with E-state index in [-0.39, 0.29) is 5.71 Å². The van der Waals surface area contributed by atoms with E-state index in [9.17, 15) is 0 Å². The summed E-state index contributed by atoms with van der Waals surface area (Å²) < 4.78 is 0. The summed E-state index contributed by atoms with van der Waals surface area (Å²) in [6, 6.07) is 10.9. The molecule has 1 aromatic heterocycles. The van der Waals surface area contributed by atoms with Gasteiger partial charge in [0.05, 0.1) is 5.69 Å². The first-order valence-corrected chi connectivity index (χ1v) is 6.27. The fourth-order valence-corrected chi connectivity index (χ4v) is 2.20. The van der Waals surface area contributed by atoms with Gasteiger partial charge in [0.1, 0.15) is 17.1 Å². The van der Waals surface area contributed by atoms with Crippen LogP contribution in [0.4, 0.5) is 5.69 Å². The van der Waals surface area contributed by atoms with Crippen LogP contribution in [0.5, 0.6) is 0 Å². The van der Waals surface area contributed by atoms with Crippen LogP contribution in [0.25, 0.3) is 10.6 Å². The minimum absolute atomic E-state index is 0.213. The summed E-state index contributed by atoms with van der Waals surface area (Å²) in [6.45, 7) is 1.94. The van der Waals surface area contributed by atoms with Gasteiger partial charge in [-0.25, -0.2) is 4.98 Å². The Morgan fingerprint density at radius 2 is 2.16 bits per heavy atom. The Balaban J connectivity index is 2.24. The van der Waals surface area contributed by atoms with Gasteiger partial charge in [-0.2, -0.15) is 15.6 Å². The molecule has 19 heavy (non-hydrogen) atoms. The molecule has 2 rings (SSSR count). The largest absolute Gasteiger partial charge is 0.276 e. The molecule has 0 saturated heterocycles. The molecule has 5 nitrogen and oxygen atoms in total. The highest BCUT2D eigenvalue weighted by Crippen LogP contribution is 2.25. The van der Waals surface area contributed by atoms with E-state index in [1.807, 2.05) is 30.5 Å². The van der Waals surface area contributed by atoms with Crippen molar-refractivity contribution in [2.75, 3.05) is 5.43 Å². The number of benzene rings is 1. The van der Waals surface area contributed by atoms with Gasteiger partial charge in [0.25, 0.3) is 0 Å². The van der Waals surface area contributed by atoms with E-state index < -0.39 is 0 Å². The topological polar surface area (TPSA) is 84.9 Å². The van der Waals surface area contributed by atoms with Gasteiger partial charge in [-0.05, 0) is 19.1 Å². The number of anilines is 1. The lowest BCUT2D eigenvalue weighted by Gasteiger charge is -2.02. The third-order valence-electron chi connectivity index (χ3n) is 2.24. The zero-order valence-electron chi connectivity index (χ0n) is 10.1. The van der Waals surface area contributed by atoms with Gasteiger partial charge in [0.2, 0.25) is 5.71 Å². The molecule has 0 aliphatic rings. The number of nitriles is 2. The molecule has 2 aromatic rings. The zero-order valence-corrected chi connectivity index (χ0v) is 10.9. The fraction of sp³-hybridized carbons (Fsp3) is 0.0769. The standard InChI is InChI=1S/C13H9N5S/c1-9-8-19-13(16-9)10-3-2-4-11(5-10)17-18-12(6-14)7-15/h2-5,8,17H,1H3. The van der Waals surface area contributed by atoms with Gasteiger partial charge in [-0.3, -0.25) is 5.43 Å². The van der Waals surface area contributed by atoms with E-state index in [1.165, 1.54) is 0 Å². The lowest BCUT2D eigenvalue weighted by molar-refractivity contribution is 1.27. The van der Waals surface area contributed by atoms with Crippen molar-refractivity contribution in [3.63, 3.8) is 0 Å². The Morgan fingerprint density at radius 1 is 1.37 bits per heavy atom. The molecular formula is C13H9N5S. The summed E-state index contributed by atoms with van der Waals surface area (Å²) in [7, 11) is 0. The van der Waals surface area contributed by atoms with E-state index in [2.05, 4.69) is 15.5 Å². The van der Waals surface area contributed by atoms with Crippen molar-refractivity contribution in [1.29, 1.82) is 10.5 Å². The quantitative estimate of drug-likeness (QED) is 0.684. The fourth-order valence-electron chi connectivity index (χ4n) is 1.40. The summed E-state index contributed by atoms with van der Waals surface area (Å²) in [5.74, 6) is 0. The Hall–Kier alpha value is -2.70.